The molecule has 21 heavy (non-hydrogen) atoms. The molecule has 114 valence electrons. The normalized spacial score (nSPS) is 12.6. The van der Waals surface area contributed by atoms with Crippen LogP contribution in [0.5, 0.6) is 0 Å². The number of nitrogens with zero attached hydrogens (tertiary/aromatic N) is 3. The Labute approximate surface area is 135 Å². The van der Waals surface area contributed by atoms with Crippen LogP contribution in [0, 0.1) is 0 Å². The van der Waals surface area contributed by atoms with Crippen LogP contribution in [0.25, 0.3) is 0 Å². The average molecular weight is 327 g/mol. The van der Waals surface area contributed by atoms with Gasteiger partial charge >= 0.3 is 0 Å². The van der Waals surface area contributed by atoms with Crippen LogP contribution in [-0.4, -0.2) is 21.3 Å². The maximum absolute atomic E-state index is 6.35. The quantitative estimate of drug-likeness (QED) is 0.839. The lowest BCUT2D eigenvalue weighted by atomic mass is 10.0. The first-order chi connectivity index (χ1) is 10.2. The molecule has 6 heteroatoms. The Bertz CT molecular complexity index is 583. The molecule has 1 aromatic heterocycles. The molecule has 0 aliphatic rings. The molecule has 1 aromatic carbocycles. The van der Waals surface area contributed by atoms with Crippen molar-refractivity contribution >= 4 is 23.2 Å². The number of likely N-dealkylation sites (N-methyl/N-ethyl adjacent to an activating group) is 1. The Morgan fingerprint density at radius 1 is 1.29 bits per heavy atom. The summed E-state index contributed by atoms with van der Waals surface area (Å²) in [5.74, 6) is 0.957. The van der Waals surface area contributed by atoms with Gasteiger partial charge in [-0.25, -0.2) is 4.98 Å². The first kappa shape index (κ1) is 16.3. The van der Waals surface area contributed by atoms with E-state index in [1.807, 2.05) is 16.8 Å². The van der Waals surface area contributed by atoms with Gasteiger partial charge in [0.2, 0.25) is 0 Å². The topological polar surface area (TPSA) is 42.7 Å². The number of nitrogens with one attached hydrogen (secondary N) is 1. The Hall–Kier alpha value is -1.10. The van der Waals surface area contributed by atoms with Gasteiger partial charge in [-0.15, -0.1) is 0 Å². The molecule has 0 saturated carbocycles. The lowest BCUT2D eigenvalue weighted by Gasteiger charge is -2.20. The summed E-state index contributed by atoms with van der Waals surface area (Å²) < 4.78 is 1.95. The van der Waals surface area contributed by atoms with Crippen LogP contribution < -0.4 is 5.32 Å². The number of benzene rings is 1. The fourth-order valence-electron chi connectivity index (χ4n) is 2.36. The summed E-state index contributed by atoms with van der Waals surface area (Å²) in [6, 6.07) is 5.80. The standard InChI is InChI=1S/C15H20Cl2N4/c1-3-8-21-14(19-10-20-21)9-13(18-4-2)11-6-5-7-12(16)15(11)17/h5-7,10,13,18H,3-4,8-9H2,1-2H3. The van der Waals surface area contributed by atoms with Gasteiger partial charge in [0, 0.05) is 19.0 Å². The Balaban J connectivity index is 2.26. The van der Waals surface area contributed by atoms with E-state index in [0.29, 0.717) is 10.0 Å². The van der Waals surface area contributed by atoms with Gasteiger partial charge in [0.1, 0.15) is 12.2 Å². The van der Waals surface area contributed by atoms with Gasteiger partial charge in [-0.3, -0.25) is 4.68 Å². The molecule has 1 unspecified atom stereocenters. The van der Waals surface area contributed by atoms with Crippen LogP contribution >= 0.6 is 23.2 Å². The zero-order chi connectivity index (χ0) is 15.2. The molecular weight excluding hydrogens is 307 g/mol. The largest absolute Gasteiger partial charge is 0.310 e. The molecule has 0 amide bonds. The van der Waals surface area contributed by atoms with Crippen LogP contribution in [-0.2, 0) is 13.0 Å². The maximum Gasteiger partial charge on any atom is 0.138 e. The smallest absolute Gasteiger partial charge is 0.138 e. The van der Waals surface area contributed by atoms with E-state index < -0.39 is 0 Å². The molecule has 0 fully saturated rings. The molecule has 1 atom stereocenters. The van der Waals surface area contributed by atoms with E-state index in [2.05, 4.69) is 29.2 Å². The van der Waals surface area contributed by atoms with Gasteiger partial charge in [0.05, 0.1) is 10.0 Å². The summed E-state index contributed by atoms with van der Waals surface area (Å²) in [6.07, 6.45) is 3.36. The number of hydrogen-bond acceptors (Lipinski definition) is 3. The first-order valence-electron chi connectivity index (χ1n) is 7.21. The third kappa shape index (κ3) is 3.96. The number of rotatable bonds is 7. The van der Waals surface area contributed by atoms with Crippen molar-refractivity contribution in [1.29, 1.82) is 0 Å². The molecule has 1 heterocycles. The van der Waals surface area contributed by atoms with Gasteiger partial charge < -0.3 is 5.32 Å². The van der Waals surface area contributed by atoms with Gasteiger partial charge in [-0.05, 0) is 24.6 Å². The summed E-state index contributed by atoms with van der Waals surface area (Å²) >= 11 is 12.5. The highest BCUT2D eigenvalue weighted by molar-refractivity contribution is 6.42. The zero-order valence-electron chi connectivity index (χ0n) is 12.3. The highest BCUT2D eigenvalue weighted by Crippen LogP contribution is 2.31. The average Bonchev–Trinajstić information content (AvgIpc) is 2.89. The fourth-order valence-corrected chi connectivity index (χ4v) is 2.79. The highest BCUT2D eigenvalue weighted by atomic mass is 35.5. The van der Waals surface area contributed by atoms with Crippen LogP contribution in [0.3, 0.4) is 0 Å². The molecule has 0 radical (unpaired) electrons. The van der Waals surface area contributed by atoms with E-state index in [9.17, 15) is 0 Å². The third-order valence-electron chi connectivity index (χ3n) is 3.33. The summed E-state index contributed by atoms with van der Waals surface area (Å²) in [5.41, 5.74) is 0.997. The lowest BCUT2D eigenvalue weighted by Crippen LogP contribution is -2.25. The minimum absolute atomic E-state index is 0.0704. The van der Waals surface area contributed by atoms with Crippen LogP contribution in [0.1, 0.15) is 37.7 Å². The fraction of sp³-hybridized carbons (Fsp3) is 0.467. The minimum Gasteiger partial charge on any atom is -0.310 e. The number of hydrogen-bond donors (Lipinski definition) is 1. The maximum atomic E-state index is 6.35. The summed E-state index contributed by atoms with van der Waals surface area (Å²) in [5, 5.41) is 8.90. The molecule has 0 bridgehead atoms. The van der Waals surface area contributed by atoms with E-state index in [1.165, 1.54) is 0 Å². The van der Waals surface area contributed by atoms with Gasteiger partial charge in [0.15, 0.2) is 0 Å². The lowest BCUT2D eigenvalue weighted by molar-refractivity contribution is 0.499. The summed E-state index contributed by atoms with van der Waals surface area (Å²) in [7, 11) is 0. The van der Waals surface area contributed by atoms with E-state index in [1.54, 1.807) is 12.4 Å². The van der Waals surface area contributed by atoms with Crippen molar-refractivity contribution < 1.29 is 0 Å². The molecular formula is C15H20Cl2N4. The second kappa shape index (κ2) is 7.78. The molecule has 2 rings (SSSR count). The van der Waals surface area contributed by atoms with Crippen molar-refractivity contribution in [3.05, 3.63) is 46.0 Å². The van der Waals surface area contributed by atoms with Crippen molar-refractivity contribution in [3.8, 4) is 0 Å². The molecule has 4 nitrogen and oxygen atoms in total. The Morgan fingerprint density at radius 3 is 2.81 bits per heavy atom. The monoisotopic (exact) mass is 326 g/mol. The zero-order valence-corrected chi connectivity index (χ0v) is 13.8. The Kier molecular flexibility index (Phi) is 6.03. The summed E-state index contributed by atoms with van der Waals surface area (Å²) in [6.45, 7) is 5.91. The SMILES string of the molecule is CCCn1ncnc1CC(NCC)c1cccc(Cl)c1Cl. The number of halogens is 2. The van der Waals surface area contributed by atoms with Crippen molar-refractivity contribution in [2.45, 2.75) is 39.3 Å². The predicted molar refractivity (Wildman–Crippen MR) is 86.9 cm³/mol. The van der Waals surface area contributed by atoms with Crippen molar-refractivity contribution in [3.63, 3.8) is 0 Å². The minimum atomic E-state index is 0.0704. The Morgan fingerprint density at radius 2 is 2.10 bits per heavy atom. The van der Waals surface area contributed by atoms with Gasteiger partial charge in [-0.1, -0.05) is 49.2 Å². The molecule has 1 N–H and O–H groups in total. The summed E-state index contributed by atoms with van der Waals surface area (Å²) in [4.78, 5) is 4.37. The van der Waals surface area contributed by atoms with Crippen molar-refractivity contribution in [1.82, 2.24) is 20.1 Å². The molecule has 0 saturated heterocycles. The van der Waals surface area contributed by atoms with E-state index in [4.69, 9.17) is 23.2 Å². The highest BCUT2D eigenvalue weighted by Gasteiger charge is 2.18. The molecule has 0 aliphatic heterocycles. The number of aryl methyl sites for hydroxylation is 1. The second-order valence-corrected chi connectivity index (χ2v) is 5.64. The molecule has 0 spiro atoms. The van der Waals surface area contributed by atoms with Crippen molar-refractivity contribution in [2.24, 2.45) is 0 Å². The third-order valence-corrected chi connectivity index (χ3v) is 4.16. The van der Waals surface area contributed by atoms with E-state index in [-0.39, 0.29) is 6.04 Å². The first-order valence-corrected chi connectivity index (χ1v) is 7.96. The van der Waals surface area contributed by atoms with E-state index in [0.717, 1.165) is 37.3 Å². The second-order valence-electron chi connectivity index (χ2n) is 4.86. The molecule has 2 aromatic rings. The van der Waals surface area contributed by atoms with Crippen LogP contribution in [0.15, 0.2) is 24.5 Å². The van der Waals surface area contributed by atoms with Crippen LogP contribution in [0.2, 0.25) is 10.0 Å². The number of aromatic nitrogens is 3. The molecule has 0 aliphatic carbocycles. The van der Waals surface area contributed by atoms with Crippen LogP contribution in [0.4, 0.5) is 0 Å². The predicted octanol–water partition coefficient (Wildman–Crippen LogP) is 3.89. The van der Waals surface area contributed by atoms with Gasteiger partial charge in [0.25, 0.3) is 0 Å². The van der Waals surface area contributed by atoms with Gasteiger partial charge in [-0.2, -0.15) is 5.10 Å². The van der Waals surface area contributed by atoms with E-state index >= 15 is 0 Å². The van der Waals surface area contributed by atoms with Crippen molar-refractivity contribution in [2.75, 3.05) is 6.54 Å².